The molecule has 0 radical (unpaired) electrons. The molecular weight excluding hydrogens is 348 g/mol. The first kappa shape index (κ1) is 19.6. The fraction of sp³-hybridized carbons (Fsp3) is 0.667. The Balaban J connectivity index is 1.45. The number of rotatable bonds is 7. The second kappa shape index (κ2) is 8.28. The highest BCUT2D eigenvalue weighted by Crippen LogP contribution is 2.62. The lowest BCUT2D eigenvalue weighted by molar-refractivity contribution is -0.141. The van der Waals surface area contributed by atoms with Crippen LogP contribution in [0.1, 0.15) is 32.6 Å². The molecule has 0 aromatic heterocycles. The maximum Gasteiger partial charge on any atom is 0.333 e. The van der Waals surface area contributed by atoms with Crippen LogP contribution in [0.15, 0.2) is 24.3 Å². The molecule has 3 aliphatic carbocycles. The van der Waals surface area contributed by atoms with Gasteiger partial charge < -0.3 is 14.2 Å². The molecule has 0 heterocycles. The van der Waals surface area contributed by atoms with Gasteiger partial charge in [0, 0.05) is 17.7 Å². The Morgan fingerprint density at radius 3 is 2.33 bits per heavy atom. The topological polar surface area (TPSA) is 78.9 Å². The molecule has 3 fully saturated rings. The van der Waals surface area contributed by atoms with E-state index in [4.69, 9.17) is 9.47 Å². The van der Waals surface area contributed by atoms with Gasteiger partial charge in [0.1, 0.15) is 0 Å². The molecule has 0 aliphatic heterocycles. The normalized spacial score (nSPS) is 33.7. The van der Waals surface area contributed by atoms with Crippen molar-refractivity contribution in [3.05, 3.63) is 24.3 Å². The monoisotopic (exact) mass is 376 g/mol. The first-order chi connectivity index (χ1) is 12.9. The maximum atomic E-state index is 11.7. The average Bonchev–Trinajstić information content (AvgIpc) is 3.33. The molecule has 0 spiro atoms. The van der Waals surface area contributed by atoms with Crippen LogP contribution >= 0.6 is 0 Å². The van der Waals surface area contributed by atoms with Crippen LogP contribution in [0, 0.1) is 35.5 Å². The summed E-state index contributed by atoms with van der Waals surface area (Å²) in [6.45, 7) is 6.19. The predicted molar refractivity (Wildman–Crippen MR) is 97.3 cm³/mol. The summed E-state index contributed by atoms with van der Waals surface area (Å²) < 4.78 is 15.1. The van der Waals surface area contributed by atoms with Gasteiger partial charge in [0.15, 0.2) is 0 Å². The number of carbonyl (C=O) groups is 3. The number of carbonyl (C=O) groups excluding carboxylic acids is 3. The van der Waals surface area contributed by atoms with Gasteiger partial charge in [-0.25, -0.2) is 14.4 Å². The van der Waals surface area contributed by atoms with E-state index in [0.29, 0.717) is 54.3 Å². The maximum absolute atomic E-state index is 11.7. The van der Waals surface area contributed by atoms with E-state index >= 15 is 0 Å². The van der Waals surface area contributed by atoms with E-state index in [1.165, 1.54) is 13.5 Å². The lowest BCUT2D eigenvalue weighted by Crippen LogP contribution is -2.28. The number of methoxy groups -OCH3 is 1. The van der Waals surface area contributed by atoms with E-state index in [1.807, 2.05) is 0 Å². The van der Waals surface area contributed by atoms with E-state index in [-0.39, 0.29) is 5.97 Å². The third-order valence-corrected chi connectivity index (χ3v) is 6.50. The van der Waals surface area contributed by atoms with Gasteiger partial charge in [-0.2, -0.15) is 0 Å². The third-order valence-electron chi connectivity index (χ3n) is 6.50. The smallest absolute Gasteiger partial charge is 0.333 e. The highest BCUT2D eigenvalue weighted by Gasteiger charge is 2.56. The number of ether oxygens (including phenoxy) is 3. The molecule has 3 aliphatic rings. The van der Waals surface area contributed by atoms with Crippen LogP contribution in [0.25, 0.3) is 0 Å². The van der Waals surface area contributed by atoms with Crippen molar-refractivity contribution < 1.29 is 28.6 Å². The minimum absolute atomic E-state index is 0.300. The molecule has 0 aromatic rings. The van der Waals surface area contributed by atoms with Gasteiger partial charge in [-0.15, -0.1) is 0 Å². The van der Waals surface area contributed by atoms with Crippen LogP contribution in [0.5, 0.6) is 0 Å². The molecule has 0 saturated heterocycles. The molecule has 4 unspecified atom stereocenters. The van der Waals surface area contributed by atoms with Crippen molar-refractivity contribution in [1.29, 1.82) is 0 Å². The molecule has 148 valence electrons. The van der Waals surface area contributed by atoms with Gasteiger partial charge in [0.2, 0.25) is 0 Å². The largest absolute Gasteiger partial charge is 0.466 e. The van der Waals surface area contributed by atoms with Gasteiger partial charge >= 0.3 is 17.9 Å². The zero-order valence-corrected chi connectivity index (χ0v) is 16.0. The Hall–Kier alpha value is -2.11. The fourth-order valence-corrected chi connectivity index (χ4v) is 5.41. The number of hydrogen-bond acceptors (Lipinski definition) is 6. The highest BCUT2D eigenvalue weighted by atomic mass is 16.5. The van der Waals surface area contributed by atoms with Gasteiger partial charge in [-0.3, -0.25) is 0 Å². The first-order valence-electron chi connectivity index (χ1n) is 9.64. The van der Waals surface area contributed by atoms with Crippen LogP contribution < -0.4 is 0 Å². The summed E-state index contributed by atoms with van der Waals surface area (Å²) in [5.74, 6) is 2.10. The molecule has 27 heavy (non-hydrogen) atoms. The van der Waals surface area contributed by atoms with E-state index in [1.54, 1.807) is 6.92 Å². The highest BCUT2D eigenvalue weighted by molar-refractivity contribution is 5.91. The molecule has 3 rings (SSSR count). The van der Waals surface area contributed by atoms with Crippen molar-refractivity contribution in [1.82, 2.24) is 0 Å². The Kier molecular flexibility index (Phi) is 6.02. The van der Waals surface area contributed by atoms with Crippen molar-refractivity contribution in [2.75, 3.05) is 20.3 Å². The first-order valence-corrected chi connectivity index (χ1v) is 9.64. The molecule has 2 bridgehead atoms. The number of fused-ring (bicyclic) bond motifs is 5. The molecule has 0 amide bonds. The lowest BCUT2D eigenvalue weighted by atomic mass is 9.76. The minimum Gasteiger partial charge on any atom is -0.466 e. The van der Waals surface area contributed by atoms with Gasteiger partial charge in [0.05, 0.1) is 20.3 Å². The summed E-state index contributed by atoms with van der Waals surface area (Å²) in [7, 11) is 1.26. The summed E-state index contributed by atoms with van der Waals surface area (Å²) in [5, 5.41) is 0. The summed E-state index contributed by atoms with van der Waals surface area (Å²) in [5.41, 5.74) is 0.444. The van der Waals surface area contributed by atoms with Crippen LogP contribution in [-0.2, 0) is 28.6 Å². The van der Waals surface area contributed by atoms with Crippen LogP contribution in [0.3, 0.4) is 0 Å². The van der Waals surface area contributed by atoms with E-state index in [9.17, 15) is 14.4 Å². The Bertz CT molecular complexity index is 651. The summed E-state index contributed by atoms with van der Waals surface area (Å²) in [6, 6.07) is 0. The Labute approximate surface area is 159 Å². The van der Waals surface area contributed by atoms with Gasteiger partial charge in [-0.05, 0) is 68.1 Å². The van der Waals surface area contributed by atoms with Crippen LogP contribution in [0.2, 0.25) is 0 Å². The SMILES string of the molecule is C=C(C)C(=O)OCC1CC2CC1[C@H]1CC(COC(=O)/C=C/C(=O)OC)C[C@@H]21. The van der Waals surface area contributed by atoms with Crippen molar-refractivity contribution in [2.24, 2.45) is 35.5 Å². The van der Waals surface area contributed by atoms with Crippen LogP contribution in [0.4, 0.5) is 0 Å². The van der Waals surface area contributed by atoms with Crippen LogP contribution in [-0.4, -0.2) is 38.2 Å². The molecule has 0 N–H and O–H groups in total. The van der Waals surface area contributed by atoms with Crippen molar-refractivity contribution in [2.45, 2.75) is 32.6 Å². The fourth-order valence-electron chi connectivity index (χ4n) is 5.41. The quantitative estimate of drug-likeness (QED) is 0.386. The van der Waals surface area contributed by atoms with Gasteiger partial charge in [0.25, 0.3) is 0 Å². The molecule has 0 aromatic carbocycles. The third kappa shape index (κ3) is 4.42. The second-order valence-corrected chi connectivity index (χ2v) is 8.19. The van der Waals surface area contributed by atoms with E-state index in [0.717, 1.165) is 31.4 Å². The zero-order valence-electron chi connectivity index (χ0n) is 16.0. The van der Waals surface area contributed by atoms with Gasteiger partial charge in [-0.1, -0.05) is 6.58 Å². The predicted octanol–water partition coefficient (Wildman–Crippen LogP) is 2.68. The summed E-state index contributed by atoms with van der Waals surface area (Å²) in [6.07, 6.45) is 6.70. The zero-order chi connectivity index (χ0) is 19.6. The van der Waals surface area contributed by atoms with E-state index < -0.39 is 11.9 Å². The average molecular weight is 376 g/mol. The molecule has 6 atom stereocenters. The number of hydrogen-bond donors (Lipinski definition) is 0. The summed E-state index contributed by atoms with van der Waals surface area (Å²) >= 11 is 0. The molecule has 6 nitrogen and oxygen atoms in total. The second-order valence-electron chi connectivity index (χ2n) is 8.19. The molecular formula is C21H28O6. The molecule has 3 saturated carbocycles. The molecule has 6 heteroatoms. The van der Waals surface area contributed by atoms with Crippen molar-refractivity contribution >= 4 is 17.9 Å². The van der Waals surface area contributed by atoms with Crippen molar-refractivity contribution in [3.8, 4) is 0 Å². The van der Waals surface area contributed by atoms with E-state index in [2.05, 4.69) is 11.3 Å². The number of esters is 3. The minimum atomic E-state index is -0.572. The Morgan fingerprint density at radius 2 is 1.63 bits per heavy atom. The standard InChI is InChI=1S/C21H28O6/c1-12(2)21(24)27-11-15-8-14-9-17(15)18-7-13(6-16(14)18)10-26-20(23)5-4-19(22)25-3/h4-5,13-18H,1,6-11H2,2-3H3/b5-4+/t13?,14?,15?,16-,17?,18-/m0/s1. The van der Waals surface area contributed by atoms with Crippen molar-refractivity contribution in [3.63, 3.8) is 0 Å². The Morgan fingerprint density at radius 1 is 0.926 bits per heavy atom. The summed E-state index contributed by atoms with van der Waals surface area (Å²) in [4.78, 5) is 34.3. The lowest BCUT2D eigenvalue weighted by Gasteiger charge is -2.31.